The first-order valence-electron chi connectivity index (χ1n) is 8.02. The fourth-order valence-corrected chi connectivity index (χ4v) is 2.53. The van der Waals surface area contributed by atoms with Crippen LogP contribution in [0.1, 0.15) is 17.8 Å². The van der Waals surface area contributed by atoms with E-state index >= 15 is 0 Å². The molecular formula is C17H12BrF5N6. The summed E-state index contributed by atoms with van der Waals surface area (Å²) in [6.45, 7) is -1.23. The van der Waals surface area contributed by atoms with Crippen LogP contribution in [0.25, 0.3) is 11.3 Å². The van der Waals surface area contributed by atoms with Crippen LogP contribution >= 0.6 is 15.9 Å². The van der Waals surface area contributed by atoms with Gasteiger partial charge in [0.05, 0.1) is 11.9 Å². The number of nitrogens with one attached hydrogen (secondary N) is 1. The number of anilines is 1. The van der Waals surface area contributed by atoms with E-state index in [9.17, 15) is 22.0 Å². The Hall–Kier alpha value is -2.89. The average Bonchev–Trinajstić information content (AvgIpc) is 3.07. The van der Waals surface area contributed by atoms with Gasteiger partial charge in [0.15, 0.2) is 0 Å². The monoisotopic (exact) mass is 474 g/mol. The zero-order valence-corrected chi connectivity index (χ0v) is 16.0. The lowest BCUT2D eigenvalue weighted by Crippen LogP contribution is -2.18. The number of hydrogen-bond donors (Lipinski definition) is 1. The maximum Gasteiger partial charge on any atom is 0.408 e. The van der Waals surface area contributed by atoms with Gasteiger partial charge >= 0.3 is 6.18 Å². The Morgan fingerprint density at radius 3 is 2.52 bits per heavy atom. The summed E-state index contributed by atoms with van der Waals surface area (Å²) in [6, 6.07) is 9.36. The van der Waals surface area contributed by atoms with Gasteiger partial charge in [-0.05, 0) is 24.3 Å². The molecule has 0 fully saturated rings. The van der Waals surface area contributed by atoms with Crippen LogP contribution < -0.4 is 5.43 Å². The van der Waals surface area contributed by atoms with Crippen LogP contribution in [0.3, 0.4) is 0 Å². The fraction of sp³-hybridized carbons (Fsp3) is 0.176. The first-order valence-corrected chi connectivity index (χ1v) is 8.81. The third kappa shape index (κ3) is 6.04. The van der Waals surface area contributed by atoms with E-state index in [-0.39, 0.29) is 17.3 Å². The van der Waals surface area contributed by atoms with E-state index in [0.717, 1.165) is 16.9 Å². The summed E-state index contributed by atoms with van der Waals surface area (Å²) >= 11 is 3.29. The highest BCUT2D eigenvalue weighted by atomic mass is 79.9. The molecule has 0 aliphatic rings. The largest absolute Gasteiger partial charge is 0.408 e. The van der Waals surface area contributed by atoms with Crippen LogP contribution in [0.15, 0.2) is 52.2 Å². The molecule has 0 radical (unpaired) electrons. The number of rotatable bonds is 6. The number of hydrogen-bond acceptors (Lipinski definition) is 5. The van der Waals surface area contributed by atoms with Gasteiger partial charge in [0, 0.05) is 16.2 Å². The number of benzene rings is 1. The van der Waals surface area contributed by atoms with Crippen molar-refractivity contribution in [1.29, 1.82) is 0 Å². The van der Waals surface area contributed by atoms with Crippen molar-refractivity contribution < 1.29 is 22.0 Å². The van der Waals surface area contributed by atoms with Crippen molar-refractivity contribution in [2.24, 2.45) is 5.10 Å². The fourth-order valence-electron chi connectivity index (χ4n) is 2.27. The molecule has 0 amide bonds. The SMILES string of the molecule is FC(F)c1cc(-c2ccc(Br)cc2)nc(N/N=C\c2ccn(CC(F)(F)F)n2)n1. The van der Waals surface area contributed by atoms with Crippen LogP contribution in [-0.2, 0) is 6.54 Å². The Kier molecular flexibility index (Phi) is 6.20. The van der Waals surface area contributed by atoms with E-state index in [2.05, 4.69) is 41.5 Å². The lowest BCUT2D eigenvalue weighted by molar-refractivity contribution is -0.142. The highest BCUT2D eigenvalue weighted by Crippen LogP contribution is 2.25. The molecule has 6 nitrogen and oxygen atoms in total. The van der Waals surface area contributed by atoms with Crippen LogP contribution in [0, 0.1) is 0 Å². The van der Waals surface area contributed by atoms with E-state index in [1.807, 2.05) is 0 Å². The van der Waals surface area contributed by atoms with Gasteiger partial charge in [-0.15, -0.1) is 0 Å². The average molecular weight is 475 g/mol. The second-order valence-electron chi connectivity index (χ2n) is 5.73. The second kappa shape index (κ2) is 8.64. The molecule has 1 aromatic carbocycles. The van der Waals surface area contributed by atoms with Crippen molar-refractivity contribution in [2.45, 2.75) is 19.1 Å². The van der Waals surface area contributed by atoms with Crippen LogP contribution in [0.2, 0.25) is 0 Å². The summed E-state index contributed by atoms with van der Waals surface area (Å²) in [7, 11) is 0. The Morgan fingerprint density at radius 2 is 1.86 bits per heavy atom. The Morgan fingerprint density at radius 1 is 1.14 bits per heavy atom. The molecule has 12 heteroatoms. The maximum atomic E-state index is 13.2. The molecule has 0 saturated carbocycles. The Balaban J connectivity index is 1.78. The Bertz CT molecular complexity index is 1000. The predicted octanol–water partition coefficient (Wildman–Crippen LogP) is 5.05. The van der Waals surface area contributed by atoms with Gasteiger partial charge < -0.3 is 0 Å². The minimum absolute atomic E-state index is 0.139. The third-order valence-corrected chi connectivity index (χ3v) is 4.00. The summed E-state index contributed by atoms with van der Waals surface area (Å²) in [5.41, 5.74) is 2.90. The van der Waals surface area contributed by atoms with Gasteiger partial charge in [-0.25, -0.2) is 24.2 Å². The molecule has 1 N–H and O–H groups in total. The second-order valence-corrected chi connectivity index (χ2v) is 6.65. The summed E-state index contributed by atoms with van der Waals surface area (Å²) in [5, 5.41) is 7.45. The first-order chi connectivity index (χ1) is 13.7. The molecule has 3 aromatic rings. The lowest BCUT2D eigenvalue weighted by Gasteiger charge is -2.07. The van der Waals surface area contributed by atoms with E-state index in [1.54, 1.807) is 24.3 Å². The van der Waals surface area contributed by atoms with E-state index in [4.69, 9.17) is 0 Å². The molecule has 0 aliphatic carbocycles. The normalized spacial score (nSPS) is 12.1. The zero-order chi connectivity index (χ0) is 21.0. The molecule has 152 valence electrons. The van der Waals surface area contributed by atoms with E-state index in [0.29, 0.717) is 10.2 Å². The molecule has 3 rings (SSSR count). The quantitative estimate of drug-likeness (QED) is 0.308. The first kappa shape index (κ1) is 20.8. The number of hydrazone groups is 1. The molecule has 2 heterocycles. The van der Waals surface area contributed by atoms with Crippen LogP contribution in [-0.4, -0.2) is 32.1 Å². The summed E-state index contributed by atoms with van der Waals surface area (Å²) < 4.78 is 64.9. The summed E-state index contributed by atoms with van der Waals surface area (Å²) in [6.07, 6.45) is -4.94. The predicted molar refractivity (Wildman–Crippen MR) is 99.6 cm³/mol. The van der Waals surface area contributed by atoms with Crippen molar-refractivity contribution in [3.8, 4) is 11.3 Å². The van der Waals surface area contributed by atoms with Gasteiger partial charge in [-0.3, -0.25) is 4.68 Å². The minimum atomic E-state index is -4.40. The highest BCUT2D eigenvalue weighted by Gasteiger charge is 2.28. The summed E-state index contributed by atoms with van der Waals surface area (Å²) in [5.74, 6) is -0.188. The standard InChI is InChI=1S/C17H12BrF5N6/c18-11-3-1-10(2-4-11)13-7-14(15(19)20)26-16(25-13)27-24-8-12-5-6-29(28-12)9-17(21,22)23/h1-8,15H,9H2,(H,25,26,27)/b24-8-. The number of halogens is 6. The van der Waals surface area contributed by atoms with Crippen molar-refractivity contribution >= 4 is 28.1 Å². The van der Waals surface area contributed by atoms with E-state index < -0.39 is 24.8 Å². The topological polar surface area (TPSA) is 68.0 Å². The molecular weight excluding hydrogens is 463 g/mol. The van der Waals surface area contributed by atoms with Crippen molar-refractivity contribution in [1.82, 2.24) is 19.7 Å². The highest BCUT2D eigenvalue weighted by molar-refractivity contribution is 9.10. The summed E-state index contributed by atoms with van der Waals surface area (Å²) in [4.78, 5) is 7.83. The number of alkyl halides is 5. The van der Waals surface area contributed by atoms with E-state index in [1.165, 1.54) is 12.1 Å². The number of nitrogens with zero attached hydrogens (tertiary/aromatic N) is 5. The molecule has 0 saturated heterocycles. The van der Waals surface area contributed by atoms with Gasteiger partial charge in [-0.2, -0.15) is 23.4 Å². The van der Waals surface area contributed by atoms with Gasteiger partial charge in [-0.1, -0.05) is 28.1 Å². The van der Waals surface area contributed by atoms with Crippen molar-refractivity contribution in [3.63, 3.8) is 0 Å². The maximum absolute atomic E-state index is 13.2. The molecule has 0 atom stereocenters. The van der Waals surface area contributed by atoms with Crippen LogP contribution in [0.5, 0.6) is 0 Å². The zero-order valence-electron chi connectivity index (χ0n) is 14.4. The smallest absolute Gasteiger partial charge is 0.263 e. The molecule has 2 aromatic heterocycles. The molecule has 0 aliphatic heterocycles. The molecule has 29 heavy (non-hydrogen) atoms. The van der Waals surface area contributed by atoms with Gasteiger partial charge in [0.1, 0.15) is 17.9 Å². The van der Waals surface area contributed by atoms with Crippen LogP contribution in [0.4, 0.5) is 27.9 Å². The van der Waals surface area contributed by atoms with Gasteiger partial charge in [0.2, 0.25) is 5.95 Å². The Labute approximate surface area is 169 Å². The molecule has 0 unspecified atom stereocenters. The van der Waals surface area contributed by atoms with Crippen molar-refractivity contribution in [3.05, 3.63) is 58.5 Å². The van der Waals surface area contributed by atoms with Crippen molar-refractivity contribution in [2.75, 3.05) is 5.43 Å². The minimum Gasteiger partial charge on any atom is -0.263 e. The third-order valence-electron chi connectivity index (χ3n) is 3.47. The number of aromatic nitrogens is 4. The lowest BCUT2D eigenvalue weighted by atomic mass is 10.1. The van der Waals surface area contributed by atoms with Gasteiger partial charge in [0.25, 0.3) is 6.43 Å². The molecule has 0 bridgehead atoms. The molecule has 0 spiro atoms.